The molecular weight excluding hydrogens is 230 g/mol. The van der Waals surface area contributed by atoms with Crippen molar-refractivity contribution in [3.8, 4) is 5.75 Å². The van der Waals surface area contributed by atoms with Gasteiger partial charge < -0.3 is 15.2 Å². The van der Waals surface area contributed by atoms with Gasteiger partial charge in [-0.25, -0.2) is 0 Å². The summed E-state index contributed by atoms with van der Waals surface area (Å²) < 4.78 is 5.31. The Hall–Kier alpha value is -1.55. The molecule has 0 bridgehead atoms. The Labute approximate surface area is 108 Å². The van der Waals surface area contributed by atoms with E-state index in [4.69, 9.17) is 4.74 Å². The molecule has 1 amide bonds. The standard InChI is InChI=1S/C14H21NO3/c1-5-18-12-8-6-11(7-9-12)13(17)15-14(3,4)10(2)16/h6-10,16H,5H2,1-4H3,(H,15,17). The Morgan fingerprint density at radius 1 is 1.39 bits per heavy atom. The molecule has 0 saturated heterocycles. The summed E-state index contributed by atoms with van der Waals surface area (Å²) in [5, 5.41) is 12.3. The van der Waals surface area contributed by atoms with Gasteiger partial charge in [-0.2, -0.15) is 0 Å². The molecule has 1 rings (SSSR count). The molecule has 0 aliphatic heterocycles. The molecule has 4 heteroatoms. The molecule has 1 unspecified atom stereocenters. The summed E-state index contributed by atoms with van der Waals surface area (Å²) in [6, 6.07) is 6.93. The first-order valence-corrected chi connectivity index (χ1v) is 6.10. The van der Waals surface area contributed by atoms with Crippen LogP contribution < -0.4 is 10.1 Å². The van der Waals surface area contributed by atoms with Crippen molar-refractivity contribution in [2.75, 3.05) is 6.61 Å². The summed E-state index contributed by atoms with van der Waals surface area (Å²) in [5.74, 6) is 0.535. The molecule has 0 aromatic heterocycles. The van der Waals surface area contributed by atoms with Crippen LogP contribution in [0.25, 0.3) is 0 Å². The Bertz CT molecular complexity index is 396. The smallest absolute Gasteiger partial charge is 0.251 e. The first-order valence-electron chi connectivity index (χ1n) is 6.10. The Morgan fingerprint density at radius 3 is 2.39 bits per heavy atom. The summed E-state index contributed by atoms with van der Waals surface area (Å²) >= 11 is 0. The van der Waals surface area contributed by atoms with Gasteiger partial charge in [0.05, 0.1) is 18.2 Å². The third-order valence-corrected chi connectivity index (χ3v) is 2.91. The normalized spacial score (nSPS) is 12.9. The van der Waals surface area contributed by atoms with Crippen LogP contribution in [0.4, 0.5) is 0 Å². The number of aliphatic hydroxyl groups is 1. The second kappa shape index (κ2) is 5.87. The topological polar surface area (TPSA) is 58.6 Å². The fourth-order valence-corrected chi connectivity index (χ4v) is 1.34. The zero-order valence-corrected chi connectivity index (χ0v) is 11.4. The zero-order valence-electron chi connectivity index (χ0n) is 11.4. The van der Waals surface area contributed by atoms with Gasteiger partial charge in [-0.15, -0.1) is 0 Å². The molecule has 0 spiro atoms. The minimum absolute atomic E-state index is 0.205. The third-order valence-electron chi connectivity index (χ3n) is 2.91. The lowest BCUT2D eigenvalue weighted by Gasteiger charge is -2.29. The van der Waals surface area contributed by atoms with E-state index in [1.807, 2.05) is 6.92 Å². The van der Waals surface area contributed by atoms with Gasteiger partial charge in [-0.05, 0) is 52.0 Å². The van der Waals surface area contributed by atoms with Crippen LogP contribution >= 0.6 is 0 Å². The van der Waals surface area contributed by atoms with Crippen molar-refractivity contribution in [1.29, 1.82) is 0 Å². The predicted molar refractivity (Wildman–Crippen MR) is 70.8 cm³/mol. The Balaban J connectivity index is 2.73. The minimum Gasteiger partial charge on any atom is -0.494 e. The lowest BCUT2D eigenvalue weighted by Crippen LogP contribution is -2.50. The highest BCUT2D eigenvalue weighted by Gasteiger charge is 2.26. The van der Waals surface area contributed by atoms with Crippen LogP contribution in [0.15, 0.2) is 24.3 Å². The Morgan fingerprint density at radius 2 is 1.94 bits per heavy atom. The summed E-state index contributed by atoms with van der Waals surface area (Å²) in [6.07, 6.45) is -0.621. The highest BCUT2D eigenvalue weighted by Crippen LogP contribution is 2.14. The average Bonchev–Trinajstić information content (AvgIpc) is 2.29. The summed E-state index contributed by atoms with van der Waals surface area (Å²) in [7, 11) is 0. The fourth-order valence-electron chi connectivity index (χ4n) is 1.34. The van der Waals surface area contributed by atoms with Crippen molar-refractivity contribution in [3.63, 3.8) is 0 Å². The maximum Gasteiger partial charge on any atom is 0.251 e. The van der Waals surface area contributed by atoms with Crippen LogP contribution in [0.5, 0.6) is 5.75 Å². The SMILES string of the molecule is CCOc1ccc(C(=O)NC(C)(C)C(C)O)cc1. The average molecular weight is 251 g/mol. The molecule has 0 saturated carbocycles. The van der Waals surface area contributed by atoms with E-state index in [0.717, 1.165) is 5.75 Å². The van der Waals surface area contributed by atoms with E-state index in [9.17, 15) is 9.90 Å². The molecule has 4 nitrogen and oxygen atoms in total. The zero-order chi connectivity index (χ0) is 13.8. The van der Waals surface area contributed by atoms with Crippen molar-refractivity contribution < 1.29 is 14.6 Å². The van der Waals surface area contributed by atoms with Crippen molar-refractivity contribution in [3.05, 3.63) is 29.8 Å². The number of hydrogen-bond donors (Lipinski definition) is 2. The number of carbonyl (C=O) groups excluding carboxylic acids is 1. The summed E-state index contributed by atoms with van der Waals surface area (Å²) in [6.45, 7) is 7.72. The molecule has 0 aliphatic carbocycles. The van der Waals surface area contributed by atoms with Crippen LogP contribution in [-0.2, 0) is 0 Å². The second-order valence-electron chi connectivity index (χ2n) is 4.81. The number of aliphatic hydroxyl groups excluding tert-OH is 1. The maximum atomic E-state index is 12.0. The monoisotopic (exact) mass is 251 g/mol. The number of carbonyl (C=O) groups is 1. The van der Waals surface area contributed by atoms with Gasteiger partial charge in [0.15, 0.2) is 0 Å². The van der Waals surface area contributed by atoms with Crippen molar-refractivity contribution in [1.82, 2.24) is 5.32 Å². The predicted octanol–water partition coefficient (Wildman–Crippen LogP) is 1.97. The molecule has 0 aliphatic rings. The van der Waals surface area contributed by atoms with Crippen LogP contribution in [0, 0.1) is 0 Å². The van der Waals surface area contributed by atoms with Gasteiger partial charge in [0.2, 0.25) is 0 Å². The molecule has 18 heavy (non-hydrogen) atoms. The molecule has 2 N–H and O–H groups in total. The Kier molecular flexibility index (Phi) is 4.73. The van der Waals surface area contributed by atoms with Crippen molar-refractivity contribution in [2.45, 2.75) is 39.3 Å². The molecule has 0 heterocycles. The molecule has 0 fully saturated rings. The van der Waals surface area contributed by atoms with E-state index < -0.39 is 11.6 Å². The van der Waals surface area contributed by atoms with Gasteiger partial charge in [0.1, 0.15) is 5.75 Å². The van der Waals surface area contributed by atoms with E-state index >= 15 is 0 Å². The van der Waals surface area contributed by atoms with Crippen LogP contribution in [-0.4, -0.2) is 29.3 Å². The van der Waals surface area contributed by atoms with Gasteiger partial charge in [-0.3, -0.25) is 4.79 Å². The minimum atomic E-state index is -0.657. The first-order chi connectivity index (χ1) is 8.36. The van der Waals surface area contributed by atoms with E-state index in [-0.39, 0.29) is 5.91 Å². The fraction of sp³-hybridized carbons (Fsp3) is 0.500. The van der Waals surface area contributed by atoms with Crippen molar-refractivity contribution in [2.24, 2.45) is 0 Å². The van der Waals surface area contributed by atoms with Gasteiger partial charge >= 0.3 is 0 Å². The van der Waals surface area contributed by atoms with E-state index in [0.29, 0.717) is 12.2 Å². The van der Waals surface area contributed by atoms with Gasteiger partial charge in [0.25, 0.3) is 5.91 Å². The molecule has 100 valence electrons. The largest absolute Gasteiger partial charge is 0.494 e. The maximum absolute atomic E-state index is 12.0. The lowest BCUT2D eigenvalue weighted by molar-refractivity contribution is 0.0709. The number of hydrogen-bond acceptors (Lipinski definition) is 3. The number of nitrogens with one attached hydrogen (secondary N) is 1. The highest BCUT2D eigenvalue weighted by molar-refractivity contribution is 5.94. The first kappa shape index (κ1) is 14.5. The number of ether oxygens (including phenoxy) is 1. The van der Waals surface area contributed by atoms with E-state index in [2.05, 4.69) is 5.32 Å². The molecule has 1 atom stereocenters. The molecule has 0 radical (unpaired) electrons. The van der Waals surface area contributed by atoms with Crippen molar-refractivity contribution >= 4 is 5.91 Å². The summed E-state index contributed by atoms with van der Waals surface area (Å²) in [4.78, 5) is 12.0. The summed E-state index contributed by atoms with van der Waals surface area (Å²) in [5.41, 5.74) is -0.109. The second-order valence-corrected chi connectivity index (χ2v) is 4.81. The number of rotatable bonds is 5. The number of amides is 1. The molecule has 1 aromatic carbocycles. The van der Waals surface area contributed by atoms with Crippen LogP contribution in [0.3, 0.4) is 0 Å². The quantitative estimate of drug-likeness (QED) is 0.841. The highest BCUT2D eigenvalue weighted by atomic mass is 16.5. The molecule has 1 aromatic rings. The van der Waals surface area contributed by atoms with Crippen LogP contribution in [0.2, 0.25) is 0 Å². The number of benzene rings is 1. The lowest BCUT2D eigenvalue weighted by atomic mass is 9.98. The van der Waals surface area contributed by atoms with Gasteiger partial charge in [-0.1, -0.05) is 0 Å². The third kappa shape index (κ3) is 3.74. The van der Waals surface area contributed by atoms with E-state index in [1.165, 1.54) is 0 Å². The van der Waals surface area contributed by atoms with E-state index in [1.54, 1.807) is 45.0 Å². The van der Waals surface area contributed by atoms with Crippen LogP contribution in [0.1, 0.15) is 38.1 Å². The molecular formula is C14H21NO3. The van der Waals surface area contributed by atoms with Gasteiger partial charge in [0, 0.05) is 5.56 Å².